The Kier molecular flexibility index (Phi) is 4.05. The van der Waals surface area contributed by atoms with E-state index in [-0.39, 0.29) is 17.8 Å². The van der Waals surface area contributed by atoms with Gasteiger partial charge in [0.25, 0.3) is 0 Å². The second-order valence-electron chi connectivity index (χ2n) is 3.89. The number of carboxylic acids is 1. The van der Waals surface area contributed by atoms with Crippen molar-refractivity contribution in [3.63, 3.8) is 0 Å². The molecule has 0 aliphatic rings. The zero-order valence-corrected chi connectivity index (χ0v) is 10.8. The monoisotopic (exact) mass is 295 g/mol. The predicted molar refractivity (Wildman–Crippen MR) is 67.4 cm³/mol. The molecular weight excluding hydrogens is 288 g/mol. The maximum absolute atomic E-state index is 11.6. The Morgan fingerprint density at radius 1 is 1.30 bits per heavy atom. The van der Waals surface area contributed by atoms with Crippen molar-refractivity contribution in [2.24, 2.45) is 0 Å². The highest BCUT2D eigenvalue weighted by molar-refractivity contribution is 6.31. The van der Waals surface area contributed by atoms with Crippen LogP contribution in [-0.2, 0) is 9.53 Å². The summed E-state index contributed by atoms with van der Waals surface area (Å²) in [6.45, 7) is -0.381. The van der Waals surface area contributed by atoms with Gasteiger partial charge in [0.05, 0.1) is 6.61 Å². The average molecular weight is 296 g/mol. The molecule has 1 aromatic heterocycles. The molecule has 6 nitrogen and oxygen atoms in total. The number of aliphatic carboxylic acids is 1. The van der Waals surface area contributed by atoms with Crippen LogP contribution in [0.1, 0.15) is 16.8 Å². The van der Waals surface area contributed by atoms with E-state index in [4.69, 9.17) is 16.0 Å². The number of rotatable bonds is 4. The van der Waals surface area contributed by atoms with Crippen molar-refractivity contribution in [2.45, 2.75) is 6.42 Å². The summed E-state index contributed by atoms with van der Waals surface area (Å²) in [7, 11) is 0. The fourth-order valence-electron chi connectivity index (χ4n) is 1.54. The molecule has 1 heterocycles. The van der Waals surface area contributed by atoms with Crippen LogP contribution in [0.2, 0.25) is 5.02 Å². The van der Waals surface area contributed by atoms with Crippen molar-refractivity contribution in [1.82, 2.24) is 0 Å². The summed E-state index contributed by atoms with van der Waals surface area (Å²) in [4.78, 5) is 33.5. The van der Waals surface area contributed by atoms with Crippen LogP contribution in [0.15, 0.2) is 33.5 Å². The third kappa shape index (κ3) is 3.16. The Morgan fingerprint density at radius 2 is 2.05 bits per heavy atom. The number of ether oxygens (including phenoxy) is 1. The number of hydrogen-bond donors (Lipinski definition) is 0. The molecule has 0 unspecified atom stereocenters. The van der Waals surface area contributed by atoms with Gasteiger partial charge in [0.2, 0.25) is 0 Å². The molecule has 0 N–H and O–H groups in total. The Bertz CT molecular complexity index is 733. The highest BCUT2D eigenvalue weighted by atomic mass is 35.5. The van der Waals surface area contributed by atoms with Crippen molar-refractivity contribution in [3.8, 4) is 0 Å². The van der Waals surface area contributed by atoms with Gasteiger partial charge in [-0.2, -0.15) is 0 Å². The van der Waals surface area contributed by atoms with Gasteiger partial charge in [-0.15, -0.1) is 0 Å². The molecule has 2 rings (SSSR count). The van der Waals surface area contributed by atoms with E-state index >= 15 is 0 Å². The van der Waals surface area contributed by atoms with Crippen LogP contribution in [0, 0.1) is 0 Å². The van der Waals surface area contributed by atoms with Gasteiger partial charge in [0, 0.05) is 22.8 Å². The number of carbonyl (C=O) groups excluding carboxylic acids is 2. The van der Waals surface area contributed by atoms with Gasteiger partial charge >= 0.3 is 11.6 Å². The maximum atomic E-state index is 11.6. The van der Waals surface area contributed by atoms with Gasteiger partial charge in [-0.3, -0.25) is 0 Å². The first-order valence-corrected chi connectivity index (χ1v) is 5.95. The number of esters is 1. The van der Waals surface area contributed by atoms with E-state index in [1.54, 1.807) is 6.07 Å². The summed E-state index contributed by atoms with van der Waals surface area (Å²) in [6, 6.07) is 5.86. The van der Waals surface area contributed by atoms with Crippen molar-refractivity contribution in [3.05, 3.63) is 45.3 Å². The maximum Gasteiger partial charge on any atom is 0.351 e. The fourth-order valence-corrected chi connectivity index (χ4v) is 1.72. The Morgan fingerprint density at radius 3 is 2.75 bits per heavy atom. The number of carboxylic acid groups (broad SMARTS) is 1. The minimum absolute atomic E-state index is 0.283. The summed E-state index contributed by atoms with van der Waals surface area (Å²) in [6.07, 6.45) is -0.448. The van der Waals surface area contributed by atoms with Crippen LogP contribution in [0.3, 0.4) is 0 Å². The quantitative estimate of drug-likeness (QED) is 0.610. The normalized spacial score (nSPS) is 10.4. The Labute approximate surface area is 117 Å². The highest BCUT2D eigenvalue weighted by Crippen LogP contribution is 2.19. The van der Waals surface area contributed by atoms with Gasteiger partial charge in [0.15, 0.2) is 0 Å². The van der Waals surface area contributed by atoms with Gasteiger partial charge in [0.1, 0.15) is 11.1 Å². The lowest BCUT2D eigenvalue weighted by atomic mass is 10.2. The Hall–Kier alpha value is -2.34. The van der Waals surface area contributed by atoms with Crippen molar-refractivity contribution < 1.29 is 23.8 Å². The molecule has 0 atom stereocenters. The fraction of sp³-hybridized carbons (Fsp3) is 0.154. The largest absolute Gasteiger partial charge is 0.550 e. The third-order valence-electron chi connectivity index (χ3n) is 2.45. The van der Waals surface area contributed by atoms with E-state index in [0.29, 0.717) is 10.4 Å². The number of benzene rings is 1. The van der Waals surface area contributed by atoms with E-state index < -0.39 is 24.0 Å². The zero-order chi connectivity index (χ0) is 14.7. The van der Waals surface area contributed by atoms with Crippen LogP contribution in [-0.4, -0.2) is 18.5 Å². The first-order chi connectivity index (χ1) is 9.47. The van der Waals surface area contributed by atoms with E-state index in [2.05, 4.69) is 4.74 Å². The van der Waals surface area contributed by atoms with E-state index in [1.165, 1.54) is 18.2 Å². The van der Waals surface area contributed by atoms with E-state index in [1.807, 2.05) is 0 Å². The number of fused-ring (bicyclic) bond motifs is 1. The SMILES string of the molecule is O=C([O-])CCOC(=O)c1cc2cc(Cl)ccc2oc1=O. The van der Waals surface area contributed by atoms with E-state index in [9.17, 15) is 19.5 Å². The van der Waals surface area contributed by atoms with Gasteiger partial charge in [-0.25, -0.2) is 9.59 Å². The minimum atomic E-state index is -1.35. The van der Waals surface area contributed by atoms with Gasteiger partial charge in [-0.05, 0) is 24.3 Å². The molecule has 0 bridgehead atoms. The summed E-state index contributed by atoms with van der Waals surface area (Å²) in [5.41, 5.74) is -0.901. The molecule has 2 aromatic rings. The number of halogens is 1. The molecule has 0 radical (unpaired) electrons. The third-order valence-corrected chi connectivity index (χ3v) is 2.69. The van der Waals surface area contributed by atoms with Gasteiger partial charge in [-0.1, -0.05) is 11.6 Å². The molecular formula is C13H8ClO6-. The second kappa shape index (κ2) is 5.75. The number of carbonyl (C=O) groups is 2. The van der Waals surface area contributed by atoms with Crippen LogP contribution in [0.4, 0.5) is 0 Å². The first-order valence-electron chi connectivity index (χ1n) is 5.58. The van der Waals surface area contributed by atoms with Crippen LogP contribution >= 0.6 is 11.6 Å². The molecule has 0 aliphatic heterocycles. The average Bonchev–Trinajstić information content (AvgIpc) is 2.38. The second-order valence-corrected chi connectivity index (χ2v) is 4.32. The first kappa shape index (κ1) is 14.1. The van der Waals surface area contributed by atoms with Crippen molar-refractivity contribution in [1.29, 1.82) is 0 Å². The van der Waals surface area contributed by atoms with E-state index in [0.717, 1.165) is 0 Å². The van der Waals surface area contributed by atoms with Gasteiger partial charge < -0.3 is 19.1 Å². The molecule has 20 heavy (non-hydrogen) atoms. The molecule has 0 saturated carbocycles. The summed E-state index contributed by atoms with van der Waals surface area (Å²) in [5, 5.41) is 11.1. The molecule has 0 saturated heterocycles. The molecule has 7 heteroatoms. The molecule has 0 spiro atoms. The highest BCUT2D eigenvalue weighted by Gasteiger charge is 2.15. The standard InChI is InChI=1S/C13H9ClO6/c14-8-1-2-10-7(5-8)6-9(13(18)20-10)12(17)19-4-3-11(15)16/h1-2,5-6H,3-4H2,(H,15,16)/p-1. The Balaban J connectivity index is 2.29. The van der Waals surface area contributed by atoms with Crippen LogP contribution < -0.4 is 10.7 Å². The molecule has 0 fully saturated rings. The van der Waals surface area contributed by atoms with Crippen LogP contribution in [0.5, 0.6) is 0 Å². The molecule has 0 amide bonds. The number of hydrogen-bond acceptors (Lipinski definition) is 6. The van der Waals surface area contributed by atoms with Crippen molar-refractivity contribution >= 4 is 34.5 Å². The molecule has 1 aromatic carbocycles. The molecule has 0 aliphatic carbocycles. The van der Waals surface area contributed by atoms with Crippen LogP contribution in [0.25, 0.3) is 11.0 Å². The lowest BCUT2D eigenvalue weighted by Crippen LogP contribution is -2.25. The predicted octanol–water partition coefficient (Wildman–Crippen LogP) is 0.743. The topological polar surface area (TPSA) is 96.6 Å². The summed E-state index contributed by atoms with van der Waals surface area (Å²) >= 11 is 5.80. The summed E-state index contributed by atoms with van der Waals surface area (Å²) < 4.78 is 9.60. The molecule has 104 valence electrons. The lowest BCUT2D eigenvalue weighted by molar-refractivity contribution is -0.306. The smallest absolute Gasteiger partial charge is 0.351 e. The zero-order valence-electron chi connectivity index (χ0n) is 10.1. The minimum Gasteiger partial charge on any atom is -0.550 e. The lowest BCUT2D eigenvalue weighted by Gasteiger charge is -2.05. The van der Waals surface area contributed by atoms with Crippen molar-refractivity contribution in [2.75, 3.05) is 6.61 Å². The summed E-state index contributed by atoms with van der Waals surface area (Å²) in [5.74, 6) is -2.31.